The average Bonchev–Trinajstić information content (AvgIpc) is 3.68. The molecule has 1 saturated carbocycles. The van der Waals surface area contributed by atoms with Crippen LogP contribution in [0.5, 0.6) is 11.5 Å². The summed E-state index contributed by atoms with van der Waals surface area (Å²) in [7, 11) is 0. The van der Waals surface area contributed by atoms with Crippen molar-refractivity contribution in [1.29, 1.82) is 5.26 Å². The van der Waals surface area contributed by atoms with Gasteiger partial charge in [0.2, 0.25) is 5.69 Å². The third kappa shape index (κ3) is 4.49. The first-order valence-electron chi connectivity index (χ1n) is 10.5. The summed E-state index contributed by atoms with van der Waals surface area (Å²) >= 11 is 12.8. The maximum atomic E-state index is 12.5. The summed E-state index contributed by atoms with van der Waals surface area (Å²) in [5.74, 6) is 0.936. The molecule has 0 aliphatic heterocycles. The summed E-state index contributed by atoms with van der Waals surface area (Å²) in [6.07, 6.45) is 3.84. The zero-order chi connectivity index (χ0) is 24.7. The van der Waals surface area contributed by atoms with Crippen LogP contribution >= 0.6 is 23.2 Å². The Labute approximate surface area is 207 Å². The molecule has 0 bridgehead atoms. The third-order valence-corrected chi connectivity index (χ3v) is 6.02. The fourth-order valence-electron chi connectivity index (χ4n) is 3.61. The Morgan fingerprint density at radius 3 is 2.46 bits per heavy atom. The standard InChI is InChI=1S/C24H15Cl2N5O4/c25-18-9-16(31-24(34)28-23(33)20(11-27)29-31)10-19(26)22(18)35-17-6-7-21(32)30(12-17)15-3-1-2-14(8-15)13-4-5-13/h1-3,6-10,12-13H,4-5H2,(H,28,33,34). The van der Waals surface area contributed by atoms with Crippen molar-refractivity contribution >= 4 is 23.2 Å². The van der Waals surface area contributed by atoms with Gasteiger partial charge in [0.1, 0.15) is 11.8 Å². The second kappa shape index (κ2) is 8.91. The van der Waals surface area contributed by atoms with Gasteiger partial charge in [0.15, 0.2) is 5.75 Å². The van der Waals surface area contributed by atoms with Gasteiger partial charge in [-0.25, -0.2) is 4.79 Å². The number of nitriles is 1. The van der Waals surface area contributed by atoms with Crippen LogP contribution in [0.1, 0.15) is 30.0 Å². The highest BCUT2D eigenvalue weighted by Gasteiger charge is 2.23. The van der Waals surface area contributed by atoms with Crippen molar-refractivity contribution in [3.8, 4) is 28.9 Å². The number of hydrogen-bond acceptors (Lipinski definition) is 6. The number of benzene rings is 2. The van der Waals surface area contributed by atoms with E-state index >= 15 is 0 Å². The van der Waals surface area contributed by atoms with Gasteiger partial charge < -0.3 is 4.74 Å². The van der Waals surface area contributed by atoms with Gasteiger partial charge in [-0.2, -0.15) is 9.94 Å². The van der Waals surface area contributed by atoms with Gasteiger partial charge in [-0.05, 0) is 54.7 Å². The predicted octanol–water partition coefficient (Wildman–Crippen LogP) is 3.92. The van der Waals surface area contributed by atoms with Gasteiger partial charge >= 0.3 is 5.69 Å². The molecule has 4 aromatic rings. The lowest BCUT2D eigenvalue weighted by Crippen LogP contribution is -2.33. The summed E-state index contributed by atoms with van der Waals surface area (Å²) in [5, 5.41) is 12.8. The molecule has 1 aliphatic rings. The van der Waals surface area contributed by atoms with Crippen LogP contribution in [0.4, 0.5) is 0 Å². The number of hydrogen-bond donors (Lipinski definition) is 1. The topological polar surface area (TPSA) is 123 Å². The smallest absolute Gasteiger partial charge is 0.349 e. The average molecular weight is 508 g/mol. The Hall–Kier alpha value is -4.13. The van der Waals surface area contributed by atoms with Crippen molar-refractivity contribution in [3.63, 3.8) is 0 Å². The minimum absolute atomic E-state index is 0.0411. The van der Waals surface area contributed by atoms with Crippen molar-refractivity contribution in [2.75, 3.05) is 0 Å². The molecule has 9 nitrogen and oxygen atoms in total. The second-order valence-corrected chi connectivity index (χ2v) is 8.73. The first-order chi connectivity index (χ1) is 16.8. The van der Waals surface area contributed by atoms with Crippen LogP contribution in [0.3, 0.4) is 0 Å². The number of aromatic amines is 1. The van der Waals surface area contributed by atoms with Gasteiger partial charge in [-0.15, -0.1) is 5.10 Å². The summed E-state index contributed by atoms with van der Waals surface area (Å²) in [6, 6.07) is 15.0. The van der Waals surface area contributed by atoms with E-state index in [1.807, 2.05) is 23.2 Å². The molecular weight excluding hydrogens is 493 g/mol. The zero-order valence-electron chi connectivity index (χ0n) is 17.9. The molecule has 0 atom stereocenters. The highest BCUT2D eigenvalue weighted by molar-refractivity contribution is 6.37. The van der Waals surface area contributed by atoms with Crippen molar-refractivity contribution in [2.24, 2.45) is 0 Å². The molecule has 0 amide bonds. The van der Waals surface area contributed by atoms with Gasteiger partial charge in [-0.1, -0.05) is 35.3 Å². The van der Waals surface area contributed by atoms with Crippen LogP contribution in [-0.4, -0.2) is 19.3 Å². The summed E-state index contributed by atoms with van der Waals surface area (Å²) < 4.78 is 8.17. The number of aromatic nitrogens is 4. The highest BCUT2D eigenvalue weighted by Crippen LogP contribution is 2.41. The predicted molar refractivity (Wildman–Crippen MR) is 129 cm³/mol. The highest BCUT2D eigenvalue weighted by atomic mass is 35.5. The van der Waals surface area contributed by atoms with Crippen molar-refractivity contribution in [2.45, 2.75) is 18.8 Å². The molecule has 1 fully saturated rings. The molecule has 0 spiro atoms. The molecule has 0 saturated heterocycles. The van der Waals surface area contributed by atoms with E-state index in [0.717, 1.165) is 17.5 Å². The number of pyridine rings is 1. The number of halogens is 2. The molecule has 0 radical (unpaired) electrons. The van der Waals surface area contributed by atoms with Crippen molar-refractivity contribution in [1.82, 2.24) is 19.3 Å². The van der Waals surface area contributed by atoms with E-state index in [0.29, 0.717) is 17.4 Å². The normalized spacial score (nSPS) is 12.8. The first kappa shape index (κ1) is 22.7. The number of nitrogens with zero attached hydrogens (tertiary/aromatic N) is 4. The SMILES string of the molecule is N#Cc1nn(-c2cc(Cl)c(Oc3ccc(=O)n(-c4cccc(C5CC5)c4)c3)c(Cl)c2)c(=O)[nH]c1=O. The Balaban J connectivity index is 1.50. The molecule has 35 heavy (non-hydrogen) atoms. The maximum absolute atomic E-state index is 12.5. The Morgan fingerprint density at radius 2 is 1.77 bits per heavy atom. The Morgan fingerprint density at radius 1 is 1.03 bits per heavy atom. The maximum Gasteiger partial charge on any atom is 0.349 e. The van der Waals surface area contributed by atoms with Crippen LogP contribution in [0.2, 0.25) is 10.0 Å². The molecule has 11 heteroatoms. The van der Waals surface area contributed by atoms with Crippen LogP contribution in [-0.2, 0) is 0 Å². The summed E-state index contributed by atoms with van der Waals surface area (Å²) in [5.41, 5.74) is -0.465. The minimum Gasteiger partial charge on any atom is -0.453 e. The Kier molecular flexibility index (Phi) is 5.76. The molecule has 2 heterocycles. The van der Waals surface area contributed by atoms with E-state index in [4.69, 9.17) is 33.2 Å². The Bertz CT molecular complexity index is 1670. The fourth-order valence-corrected chi connectivity index (χ4v) is 4.16. The quantitative estimate of drug-likeness (QED) is 0.436. The molecule has 1 N–H and O–H groups in total. The van der Waals surface area contributed by atoms with Gasteiger partial charge in [0, 0.05) is 11.8 Å². The summed E-state index contributed by atoms with van der Waals surface area (Å²) in [4.78, 5) is 38.3. The minimum atomic E-state index is -0.899. The van der Waals surface area contributed by atoms with E-state index in [9.17, 15) is 14.4 Å². The van der Waals surface area contributed by atoms with Gasteiger partial charge in [0.05, 0.1) is 21.9 Å². The molecular formula is C24H15Cl2N5O4. The monoisotopic (exact) mass is 507 g/mol. The van der Waals surface area contributed by atoms with Gasteiger partial charge in [0.25, 0.3) is 11.1 Å². The van der Waals surface area contributed by atoms with Crippen molar-refractivity contribution < 1.29 is 4.74 Å². The summed E-state index contributed by atoms with van der Waals surface area (Å²) in [6.45, 7) is 0. The van der Waals surface area contributed by atoms with E-state index < -0.39 is 16.9 Å². The molecule has 0 unspecified atom stereocenters. The van der Waals surface area contributed by atoms with Crippen LogP contribution in [0.25, 0.3) is 11.4 Å². The lowest BCUT2D eigenvalue weighted by Gasteiger charge is -2.14. The van der Waals surface area contributed by atoms with E-state index in [1.165, 1.54) is 34.4 Å². The molecule has 2 aromatic carbocycles. The number of ether oxygens (including phenoxy) is 1. The zero-order valence-corrected chi connectivity index (χ0v) is 19.4. The molecule has 174 valence electrons. The largest absolute Gasteiger partial charge is 0.453 e. The van der Waals surface area contributed by atoms with Crippen LogP contribution < -0.4 is 21.5 Å². The third-order valence-electron chi connectivity index (χ3n) is 5.46. The molecule has 5 rings (SSSR count). The van der Waals surface area contributed by atoms with E-state index in [2.05, 4.69) is 11.2 Å². The number of rotatable bonds is 5. The van der Waals surface area contributed by atoms with E-state index in [-0.39, 0.29) is 27.0 Å². The lowest BCUT2D eigenvalue weighted by atomic mass is 10.1. The second-order valence-electron chi connectivity index (χ2n) is 7.91. The first-order valence-corrected chi connectivity index (χ1v) is 11.2. The fraction of sp³-hybridized carbons (Fsp3) is 0.125. The van der Waals surface area contributed by atoms with Crippen LogP contribution in [0, 0.1) is 11.3 Å². The van der Waals surface area contributed by atoms with Crippen molar-refractivity contribution in [3.05, 3.63) is 107 Å². The van der Waals surface area contributed by atoms with Crippen LogP contribution in [0.15, 0.2) is 69.1 Å². The number of H-pyrrole nitrogens is 1. The van der Waals surface area contributed by atoms with E-state index in [1.54, 1.807) is 12.3 Å². The molecule has 1 aliphatic carbocycles. The lowest BCUT2D eigenvalue weighted by molar-refractivity contribution is 0.478. The molecule has 2 aromatic heterocycles. The van der Waals surface area contributed by atoms with Gasteiger partial charge in [-0.3, -0.25) is 19.1 Å². The number of nitrogens with one attached hydrogen (secondary N) is 1.